The number of rotatable bonds is 33. The van der Waals surface area contributed by atoms with Gasteiger partial charge < -0.3 is 29.3 Å². The first-order valence-corrected chi connectivity index (χ1v) is 20.1. The van der Waals surface area contributed by atoms with Crippen LogP contribution in [0.3, 0.4) is 0 Å². The van der Waals surface area contributed by atoms with Crippen molar-refractivity contribution in [3.8, 4) is 0 Å². The van der Waals surface area contributed by atoms with E-state index in [9.17, 15) is 24.2 Å². The number of hydrogen-bond acceptors (Lipinski definition) is 10. The molecule has 0 saturated carbocycles. The number of phosphoric ester groups is 1. The van der Waals surface area contributed by atoms with Gasteiger partial charge in [-0.2, -0.15) is 0 Å². The SMILES string of the molecule is CCCCCC1OC1C/C=C\CCCCCCCC(=O)O[C@H](COC(=O)CCCCCCCCC(C)C)COP(=O)(O)OC[C@@H](O)CO. The molecule has 1 aliphatic heterocycles. The predicted molar refractivity (Wildman–Crippen MR) is 186 cm³/mol. The van der Waals surface area contributed by atoms with E-state index in [4.69, 9.17) is 23.8 Å². The lowest BCUT2D eigenvalue weighted by molar-refractivity contribution is -0.161. The molecule has 1 aliphatic rings. The fourth-order valence-corrected chi connectivity index (χ4v) is 6.03. The normalized spacial score (nSPS) is 18.6. The summed E-state index contributed by atoms with van der Waals surface area (Å²) >= 11 is 0. The molecule has 0 aliphatic carbocycles. The summed E-state index contributed by atoms with van der Waals surface area (Å²) in [6, 6.07) is 0. The van der Waals surface area contributed by atoms with E-state index in [2.05, 4.69) is 37.4 Å². The van der Waals surface area contributed by atoms with Crippen molar-refractivity contribution >= 4 is 19.8 Å². The minimum absolute atomic E-state index is 0.165. The summed E-state index contributed by atoms with van der Waals surface area (Å²) in [6.45, 7) is 4.53. The van der Waals surface area contributed by atoms with Crippen molar-refractivity contribution < 1.29 is 52.5 Å². The number of allylic oxidation sites excluding steroid dienone is 1. The first-order chi connectivity index (χ1) is 23.1. The zero-order chi connectivity index (χ0) is 35.5. The van der Waals surface area contributed by atoms with Gasteiger partial charge in [0.2, 0.25) is 0 Å². The van der Waals surface area contributed by atoms with E-state index in [1.165, 1.54) is 44.9 Å². The van der Waals surface area contributed by atoms with Gasteiger partial charge in [-0.25, -0.2) is 4.57 Å². The van der Waals surface area contributed by atoms with Crippen molar-refractivity contribution in [3.63, 3.8) is 0 Å². The van der Waals surface area contributed by atoms with E-state index in [0.29, 0.717) is 25.0 Å². The Morgan fingerprint density at radius 1 is 0.792 bits per heavy atom. The minimum Gasteiger partial charge on any atom is -0.462 e. The second kappa shape index (κ2) is 28.4. The van der Waals surface area contributed by atoms with Gasteiger partial charge in [0.15, 0.2) is 6.10 Å². The van der Waals surface area contributed by atoms with E-state index in [1.54, 1.807) is 0 Å². The molecule has 3 N–H and O–H groups in total. The Morgan fingerprint density at radius 3 is 2.08 bits per heavy atom. The fraction of sp³-hybridized carbons (Fsp3) is 0.889. The average Bonchev–Trinajstić information content (AvgIpc) is 3.81. The van der Waals surface area contributed by atoms with Crippen LogP contribution >= 0.6 is 7.82 Å². The average molecular weight is 707 g/mol. The van der Waals surface area contributed by atoms with Crippen molar-refractivity contribution in [2.45, 2.75) is 174 Å². The zero-order valence-corrected chi connectivity index (χ0v) is 31.0. The van der Waals surface area contributed by atoms with Gasteiger partial charge in [-0.15, -0.1) is 0 Å². The molecule has 0 bridgehead atoms. The molecule has 1 heterocycles. The lowest BCUT2D eigenvalue weighted by atomic mass is 10.0. The highest BCUT2D eigenvalue weighted by atomic mass is 31.2. The van der Waals surface area contributed by atoms with Gasteiger partial charge in [-0.3, -0.25) is 18.6 Å². The van der Waals surface area contributed by atoms with Crippen molar-refractivity contribution in [3.05, 3.63) is 12.2 Å². The molecule has 0 amide bonds. The number of epoxide rings is 1. The van der Waals surface area contributed by atoms with Crippen LogP contribution in [0, 0.1) is 5.92 Å². The van der Waals surface area contributed by atoms with Crippen LogP contribution in [0.1, 0.15) is 149 Å². The number of unbranched alkanes of at least 4 members (excludes halogenated alkanes) is 12. The molecule has 0 aromatic carbocycles. The molecule has 11 nitrogen and oxygen atoms in total. The maximum absolute atomic E-state index is 12.5. The molecule has 0 aromatic heterocycles. The van der Waals surface area contributed by atoms with Crippen LogP contribution in [0.25, 0.3) is 0 Å². The second-order valence-corrected chi connectivity index (χ2v) is 14.9. The Kier molecular flexibility index (Phi) is 26.4. The Bertz CT molecular complexity index is 897. The molecule has 1 saturated heterocycles. The highest BCUT2D eigenvalue weighted by Gasteiger charge is 2.36. The van der Waals surface area contributed by atoms with Gasteiger partial charge in [-0.05, 0) is 44.4 Å². The van der Waals surface area contributed by atoms with E-state index in [1.807, 2.05) is 0 Å². The highest BCUT2D eigenvalue weighted by Crippen LogP contribution is 2.43. The molecule has 48 heavy (non-hydrogen) atoms. The smallest absolute Gasteiger partial charge is 0.462 e. The highest BCUT2D eigenvalue weighted by molar-refractivity contribution is 7.47. The summed E-state index contributed by atoms with van der Waals surface area (Å²) in [7, 11) is -4.61. The Labute approximate surface area is 290 Å². The third-order valence-corrected chi connectivity index (χ3v) is 9.22. The molecule has 12 heteroatoms. The number of phosphoric acid groups is 1. The third kappa shape index (κ3) is 26.5. The first kappa shape index (κ1) is 44.7. The molecular formula is C36H67O11P. The Morgan fingerprint density at radius 2 is 1.42 bits per heavy atom. The maximum Gasteiger partial charge on any atom is 0.472 e. The molecule has 3 unspecified atom stereocenters. The van der Waals surface area contributed by atoms with Gasteiger partial charge in [0.1, 0.15) is 12.7 Å². The van der Waals surface area contributed by atoms with E-state index in [-0.39, 0.29) is 19.4 Å². The first-order valence-electron chi connectivity index (χ1n) is 18.6. The summed E-state index contributed by atoms with van der Waals surface area (Å²) in [6.07, 6.45) is 22.4. The molecule has 0 aromatic rings. The number of esters is 2. The largest absolute Gasteiger partial charge is 0.472 e. The van der Waals surface area contributed by atoms with Crippen molar-refractivity contribution in [2.75, 3.05) is 26.4 Å². The summed E-state index contributed by atoms with van der Waals surface area (Å²) in [5.41, 5.74) is 0. The fourth-order valence-electron chi connectivity index (χ4n) is 5.24. The summed E-state index contributed by atoms with van der Waals surface area (Å²) in [5, 5.41) is 18.2. The van der Waals surface area contributed by atoms with E-state index in [0.717, 1.165) is 63.7 Å². The quantitative estimate of drug-likeness (QED) is 0.0201. The maximum atomic E-state index is 12.5. The molecule has 1 fully saturated rings. The van der Waals surface area contributed by atoms with Crippen LogP contribution in [0.5, 0.6) is 0 Å². The van der Waals surface area contributed by atoms with Crippen LogP contribution in [0.15, 0.2) is 12.2 Å². The van der Waals surface area contributed by atoms with Crippen LogP contribution < -0.4 is 0 Å². The van der Waals surface area contributed by atoms with Gasteiger partial charge in [0.05, 0.1) is 32.0 Å². The zero-order valence-electron chi connectivity index (χ0n) is 30.1. The van der Waals surface area contributed by atoms with Crippen molar-refractivity contribution in [1.29, 1.82) is 0 Å². The van der Waals surface area contributed by atoms with Crippen LogP contribution in [-0.2, 0) is 37.4 Å². The molecule has 0 radical (unpaired) electrons. The number of ether oxygens (including phenoxy) is 3. The number of aliphatic hydroxyl groups is 2. The number of aliphatic hydroxyl groups excluding tert-OH is 2. The minimum atomic E-state index is -4.61. The van der Waals surface area contributed by atoms with Crippen molar-refractivity contribution in [2.24, 2.45) is 5.92 Å². The van der Waals surface area contributed by atoms with Crippen LogP contribution in [0.4, 0.5) is 0 Å². The predicted octanol–water partition coefficient (Wildman–Crippen LogP) is 7.73. The van der Waals surface area contributed by atoms with Gasteiger partial charge >= 0.3 is 19.8 Å². The van der Waals surface area contributed by atoms with Gasteiger partial charge in [-0.1, -0.05) is 110 Å². The topological polar surface area (TPSA) is 161 Å². The molecule has 0 spiro atoms. The lowest BCUT2D eigenvalue weighted by Gasteiger charge is -2.20. The monoisotopic (exact) mass is 706 g/mol. The molecular weight excluding hydrogens is 639 g/mol. The number of hydrogen-bond donors (Lipinski definition) is 3. The Balaban J connectivity index is 2.30. The summed E-state index contributed by atoms with van der Waals surface area (Å²) < 4.78 is 38.2. The molecule has 282 valence electrons. The lowest BCUT2D eigenvalue weighted by Crippen LogP contribution is -2.29. The Hall–Kier alpha value is -1.33. The third-order valence-electron chi connectivity index (χ3n) is 8.27. The van der Waals surface area contributed by atoms with Gasteiger partial charge in [0.25, 0.3) is 0 Å². The van der Waals surface area contributed by atoms with Crippen LogP contribution in [0.2, 0.25) is 0 Å². The standard InChI is InChI=1S/C36H67O11P/c1-4-5-16-22-33-34(47-33)23-18-13-8-6-7-9-15-20-25-36(40)46-32(29-45-48(41,42)44-27-31(38)26-37)28-43-35(39)24-19-14-11-10-12-17-21-30(2)3/h13,18,30-34,37-38H,4-12,14-17,19-29H2,1-3H3,(H,41,42)/b18-13-/t31-,32+,33?,34?/m0/s1. The van der Waals surface area contributed by atoms with E-state index < -0.39 is 51.8 Å². The summed E-state index contributed by atoms with van der Waals surface area (Å²) in [4.78, 5) is 34.7. The number of carbonyl (C=O) groups is 2. The molecule has 5 atom stereocenters. The molecule has 1 rings (SSSR count). The van der Waals surface area contributed by atoms with Crippen molar-refractivity contribution in [1.82, 2.24) is 0 Å². The van der Waals surface area contributed by atoms with Crippen LogP contribution in [-0.4, -0.2) is 77.9 Å². The van der Waals surface area contributed by atoms with E-state index >= 15 is 0 Å². The number of carbonyl (C=O) groups excluding carboxylic acids is 2. The second-order valence-electron chi connectivity index (χ2n) is 13.5. The van der Waals surface area contributed by atoms with Gasteiger partial charge in [0, 0.05) is 12.8 Å². The summed E-state index contributed by atoms with van der Waals surface area (Å²) in [5.74, 6) is -0.231.